The highest BCUT2D eigenvalue weighted by atomic mass is 14.6. The van der Waals surface area contributed by atoms with Gasteiger partial charge in [-0.15, -0.1) is 0 Å². The van der Waals surface area contributed by atoms with Crippen molar-refractivity contribution in [3.05, 3.63) is 53.7 Å². The van der Waals surface area contributed by atoms with Crippen LogP contribution in [-0.4, -0.2) is 0 Å². The summed E-state index contributed by atoms with van der Waals surface area (Å²) in [6.45, 7) is 15.7. The fraction of sp³-hybridized carbons (Fsp3) is 0.286. The van der Waals surface area contributed by atoms with E-state index < -0.39 is 0 Å². The number of hydrogen-bond acceptors (Lipinski definition) is 1. The van der Waals surface area contributed by atoms with E-state index in [-0.39, 0.29) is 0 Å². The molecule has 1 aromatic rings. The van der Waals surface area contributed by atoms with Crippen molar-refractivity contribution >= 4 is 5.57 Å². The lowest BCUT2D eigenvalue weighted by Crippen LogP contribution is -1.99. The molecule has 0 spiro atoms. The van der Waals surface area contributed by atoms with Gasteiger partial charge < -0.3 is 5.73 Å². The smallest absolute Gasteiger partial charge is 0.0314 e. The maximum atomic E-state index is 5.59. The van der Waals surface area contributed by atoms with E-state index in [1.807, 2.05) is 26.0 Å². The van der Waals surface area contributed by atoms with Crippen LogP contribution in [0.3, 0.4) is 0 Å². The van der Waals surface area contributed by atoms with Crippen LogP contribution in [0, 0.1) is 13.8 Å². The monoisotopic (exact) mass is 203 g/mol. The molecule has 1 aromatic carbocycles. The van der Waals surface area contributed by atoms with Crippen molar-refractivity contribution in [2.24, 2.45) is 5.73 Å². The van der Waals surface area contributed by atoms with Gasteiger partial charge in [-0.05, 0) is 36.1 Å². The predicted molar refractivity (Wildman–Crippen MR) is 69.6 cm³/mol. The van der Waals surface area contributed by atoms with Gasteiger partial charge in [0.05, 0.1) is 0 Å². The fourth-order valence-corrected chi connectivity index (χ4v) is 1.25. The summed E-state index contributed by atoms with van der Waals surface area (Å²) in [4.78, 5) is 0. The molecule has 0 aliphatic heterocycles. The lowest BCUT2D eigenvalue weighted by Gasteiger charge is -2.10. The number of aryl methyl sites for hydroxylation is 1. The molecule has 0 aliphatic rings. The van der Waals surface area contributed by atoms with Crippen molar-refractivity contribution in [3.8, 4) is 0 Å². The minimum Gasteiger partial charge on any atom is -0.399 e. The van der Waals surface area contributed by atoms with Crippen LogP contribution in [0.25, 0.3) is 5.57 Å². The van der Waals surface area contributed by atoms with Gasteiger partial charge in [0.25, 0.3) is 0 Å². The Balaban J connectivity index is 0.000000921. The first-order valence-electron chi connectivity index (χ1n) is 5.24. The molecule has 0 saturated heterocycles. The molecule has 0 saturated carbocycles. The van der Waals surface area contributed by atoms with E-state index in [1.54, 1.807) is 0 Å². The normalized spacial score (nSPS) is 8.80. The van der Waals surface area contributed by atoms with E-state index in [0.29, 0.717) is 5.70 Å². The third-order valence-electron chi connectivity index (χ3n) is 2.32. The zero-order valence-electron chi connectivity index (χ0n) is 10.2. The average Bonchev–Trinajstić information content (AvgIpc) is 2.24. The molecule has 0 radical (unpaired) electrons. The molecular formula is C14H21N. The van der Waals surface area contributed by atoms with E-state index in [9.17, 15) is 0 Å². The third-order valence-corrected chi connectivity index (χ3v) is 2.32. The Labute approximate surface area is 93.3 Å². The number of hydrogen-bond donors (Lipinski definition) is 1. The standard InChI is InChI=1S/C12H15N.C2H6/c1-8-6-5-7-12(9(8)2)10(3)11(4)13;1-2/h5-7H,3-4,13H2,1-2H3;1-2H3. The lowest BCUT2D eigenvalue weighted by molar-refractivity contribution is 1.30. The van der Waals surface area contributed by atoms with Gasteiger partial charge in [-0.1, -0.05) is 45.2 Å². The highest BCUT2D eigenvalue weighted by Gasteiger charge is 2.04. The second-order valence-electron chi connectivity index (χ2n) is 3.25. The van der Waals surface area contributed by atoms with Crippen LogP contribution in [-0.2, 0) is 0 Å². The molecule has 15 heavy (non-hydrogen) atoms. The second-order valence-corrected chi connectivity index (χ2v) is 3.25. The zero-order chi connectivity index (χ0) is 12.0. The predicted octanol–water partition coefficient (Wildman–Crippen LogP) is 3.82. The Morgan fingerprint density at radius 3 is 2.13 bits per heavy atom. The van der Waals surface area contributed by atoms with Gasteiger partial charge in [0.2, 0.25) is 0 Å². The highest BCUT2D eigenvalue weighted by molar-refractivity contribution is 5.77. The Kier molecular flexibility index (Phi) is 5.46. The summed E-state index contributed by atoms with van der Waals surface area (Å²) in [5.41, 5.74) is 10.5. The Hall–Kier alpha value is -1.50. The number of nitrogens with two attached hydrogens (primary N) is 1. The van der Waals surface area contributed by atoms with Gasteiger partial charge in [0.1, 0.15) is 0 Å². The summed E-state index contributed by atoms with van der Waals surface area (Å²) >= 11 is 0. The molecule has 1 heteroatoms. The maximum Gasteiger partial charge on any atom is 0.0314 e. The summed E-state index contributed by atoms with van der Waals surface area (Å²) in [5, 5.41) is 0. The van der Waals surface area contributed by atoms with Crippen molar-refractivity contribution in [2.75, 3.05) is 0 Å². The van der Waals surface area contributed by atoms with Gasteiger partial charge >= 0.3 is 0 Å². The van der Waals surface area contributed by atoms with E-state index in [1.165, 1.54) is 11.1 Å². The van der Waals surface area contributed by atoms with Crippen molar-refractivity contribution in [3.63, 3.8) is 0 Å². The molecule has 0 bridgehead atoms. The first-order valence-corrected chi connectivity index (χ1v) is 5.24. The molecule has 1 nitrogen and oxygen atoms in total. The minimum absolute atomic E-state index is 0.536. The van der Waals surface area contributed by atoms with Crippen LogP contribution in [0.15, 0.2) is 37.1 Å². The van der Waals surface area contributed by atoms with E-state index >= 15 is 0 Å². The van der Waals surface area contributed by atoms with E-state index in [2.05, 4.69) is 33.1 Å². The van der Waals surface area contributed by atoms with Crippen molar-refractivity contribution in [1.29, 1.82) is 0 Å². The Morgan fingerprint density at radius 2 is 1.67 bits per heavy atom. The van der Waals surface area contributed by atoms with Crippen LogP contribution in [0.1, 0.15) is 30.5 Å². The molecule has 0 unspecified atom stereocenters. The van der Waals surface area contributed by atoms with Crippen LogP contribution in [0.5, 0.6) is 0 Å². The van der Waals surface area contributed by atoms with Crippen LogP contribution < -0.4 is 5.73 Å². The third kappa shape index (κ3) is 3.28. The summed E-state index contributed by atoms with van der Waals surface area (Å²) in [6.07, 6.45) is 0. The first-order chi connectivity index (χ1) is 7.04. The van der Waals surface area contributed by atoms with Gasteiger partial charge in [0, 0.05) is 5.70 Å². The van der Waals surface area contributed by atoms with Crippen molar-refractivity contribution < 1.29 is 0 Å². The molecule has 2 N–H and O–H groups in total. The van der Waals surface area contributed by atoms with Gasteiger partial charge in [-0.2, -0.15) is 0 Å². The van der Waals surface area contributed by atoms with Gasteiger partial charge in [0.15, 0.2) is 0 Å². The largest absolute Gasteiger partial charge is 0.399 e. The Bertz CT molecular complexity index is 362. The topological polar surface area (TPSA) is 26.0 Å². The molecular weight excluding hydrogens is 182 g/mol. The summed E-state index contributed by atoms with van der Waals surface area (Å²) in [5.74, 6) is 0. The summed E-state index contributed by atoms with van der Waals surface area (Å²) in [7, 11) is 0. The fourth-order valence-electron chi connectivity index (χ4n) is 1.25. The highest BCUT2D eigenvalue weighted by Crippen LogP contribution is 2.22. The second kappa shape index (κ2) is 6.07. The number of rotatable bonds is 2. The zero-order valence-corrected chi connectivity index (χ0v) is 10.2. The molecule has 0 amide bonds. The number of benzene rings is 1. The summed E-state index contributed by atoms with van der Waals surface area (Å²) in [6, 6.07) is 6.10. The molecule has 0 aliphatic carbocycles. The molecule has 0 atom stereocenters. The maximum absolute atomic E-state index is 5.59. The van der Waals surface area contributed by atoms with E-state index in [4.69, 9.17) is 5.73 Å². The van der Waals surface area contributed by atoms with Crippen LogP contribution in [0.4, 0.5) is 0 Å². The SMILES string of the molecule is C=C(N)C(=C)c1cccc(C)c1C.CC. The first kappa shape index (κ1) is 13.5. The van der Waals surface area contributed by atoms with E-state index in [0.717, 1.165) is 11.1 Å². The van der Waals surface area contributed by atoms with Crippen LogP contribution >= 0.6 is 0 Å². The molecule has 0 aromatic heterocycles. The average molecular weight is 203 g/mol. The van der Waals surface area contributed by atoms with Gasteiger partial charge in [-0.25, -0.2) is 0 Å². The summed E-state index contributed by atoms with van der Waals surface area (Å²) < 4.78 is 0. The molecule has 1 rings (SSSR count). The quantitative estimate of drug-likeness (QED) is 0.727. The molecule has 0 fully saturated rings. The van der Waals surface area contributed by atoms with Crippen molar-refractivity contribution in [1.82, 2.24) is 0 Å². The lowest BCUT2D eigenvalue weighted by atomic mass is 9.97. The molecule has 0 heterocycles. The number of allylic oxidation sites excluding steroid dienone is 1. The minimum atomic E-state index is 0.536. The molecule has 82 valence electrons. The van der Waals surface area contributed by atoms with Gasteiger partial charge in [-0.3, -0.25) is 0 Å². The van der Waals surface area contributed by atoms with Crippen molar-refractivity contribution in [2.45, 2.75) is 27.7 Å². The van der Waals surface area contributed by atoms with Crippen LogP contribution in [0.2, 0.25) is 0 Å². The Morgan fingerprint density at radius 1 is 1.13 bits per heavy atom.